The maximum Gasteiger partial charge on any atom is 0.251 e. The normalized spacial score (nSPS) is 24.3. The highest BCUT2D eigenvalue weighted by Crippen LogP contribution is 2.22. The van der Waals surface area contributed by atoms with Crippen LogP contribution >= 0.6 is 12.4 Å². The van der Waals surface area contributed by atoms with Crippen molar-refractivity contribution >= 4 is 28.3 Å². The third-order valence-corrected chi connectivity index (χ3v) is 5.93. The van der Waals surface area contributed by atoms with Crippen molar-refractivity contribution in [2.75, 3.05) is 6.54 Å². The molecule has 2 aliphatic rings. The molecule has 8 heteroatoms. The van der Waals surface area contributed by atoms with E-state index in [1.54, 1.807) is 12.1 Å². The Morgan fingerprint density at radius 2 is 1.87 bits per heavy atom. The van der Waals surface area contributed by atoms with Crippen LogP contribution in [0.15, 0.2) is 23.1 Å². The fourth-order valence-electron chi connectivity index (χ4n) is 3.08. The summed E-state index contributed by atoms with van der Waals surface area (Å²) in [5.41, 5.74) is 7.19. The Bertz CT molecular complexity index is 685. The Morgan fingerprint density at radius 1 is 1.17 bits per heavy atom. The number of sulfonamides is 1. The van der Waals surface area contributed by atoms with Crippen LogP contribution in [0.5, 0.6) is 0 Å². The van der Waals surface area contributed by atoms with Gasteiger partial charge in [-0.3, -0.25) is 4.79 Å². The van der Waals surface area contributed by atoms with Crippen molar-refractivity contribution in [3.63, 3.8) is 0 Å². The van der Waals surface area contributed by atoms with Crippen molar-refractivity contribution in [1.29, 1.82) is 0 Å². The molecule has 0 aromatic heterocycles. The molecule has 1 aliphatic carbocycles. The molecule has 1 aromatic rings. The molecule has 1 amide bonds. The molecular formula is C15H22ClN3O3S. The van der Waals surface area contributed by atoms with Gasteiger partial charge in [0.2, 0.25) is 10.0 Å². The van der Waals surface area contributed by atoms with Crippen molar-refractivity contribution in [3.05, 3.63) is 29.3 Å². The Kier molecular flexibility index (Phi) is 5.67. The zero-order chi connectivity index (χ0) is 15.7. The molecule has 3 rings (SSSR count). The monoisotopic (exact) mass is 359 g/mol. The minimum atomic E-state index is -3.61. The summed E-state index contributed by atoms with van der Waals surface area (Å²) >= 11 is 0. The van der Waals surface area contributed by atoms with Crippen LogP contribution in [0.4, 0.5) is 0 Å². The van der Waals surface area contributed by atoms with Gasteiger partial charge >= 0.3 is 0 Å². The molecule has 4 N–H and O–H groups in total. The number of hydrogen-bond acceptors (Lipinski definition) is 4. The first-order chi connectivity index (χ1) is 10.5. The largest absolute Gasteiger partial charge is 0.352 e. The van der Waals surface area contributed by atoms with Gasteiger partial charge in [-0.05, 0) is 49.8 Å². The van der Waals surface area contributed by atoms with Crippen molar-refractivity contribution in [2.24, 2.45) is 5.73 Å². The summed E-state index contributed by atoms with van der Waals surface area (Å²) in [4.78, 5) is 12.0. The first-order valence-corrected chi connectivity index (χ1v) is 9.13. The lowest BCUT2D eigenvalue weighted by Crippen LogP contribution is -2.40. The van der Waals surface area contributed by atoms with Gasteiger partial charge in [0.25, 0.3) is 5.91 Å². The summed E-state index contributed by atoms with van der Waals surface area (Å²) < 4.78 is 27.7. The van der Waals surface area contributed by atoms with Crippen LogP contribution in [-0.2, 0) is 16.4 Å². The molecule has 6 nitrogen and oxygen atoms in total. The highest BCUT2D eigenvalue weighted by molar-refractivity contribution is 7.89. The van der Waals surface area contributed by atoms with E-state index in [9.17, 15) is 13.2 Å². The van der Waals surface area contributed by atoms with Crippen LogP contribution in [-0.4, -0.2) is 33.0 Å². The zero-order valence-electron chi connectivity index (χ0n) is 12.7. The number of nitrogens with one attached hydrogen (secondary N) is 2. The molecule has 0 radical (unpaired) electrons. The number of nitrogens with two attached hydrogens (primary N) is 1. The minimum absolute atomic E-state index is 0. The van der Waals surface area contributed by atoms with Crippen molar-refractivity contribution in [2.45, 2.75) is 49.1 Å². The molecule has 1 heterocycles. The molecule has 1 aromatic carbocycles. The summed E-state index contributed by atoms with van der Waals surface area (Å²) in [5, 5.41) is 2.74. The molecule has 0 saturated heterocycles. The van der Waals surface area contributed by atoms with Crippen LogP contribution < -0.4 is 15.8 Å². The molecule has 1 aliphatic heterocycles. The maximum atomic E-state index is 12.5. The predicted molar refractivity (Wildman–Crippen MR) is 90.3 cm³/mol. The van der Waals surface area contributed by atoms with Crippen LogP contribution in [0.2, 0.25) is 0 Å². The van der Waals surface area contributed by atoms with E-state index < -0.39 is 10.0 Å². The van der Waals surface area contributed by atoms with E-state index in [0.29, 0.717) is 12.1 Å². The average Bonchev–Trinajstić information content (AvgIpc) is 2.49. The highest BCUT2D eigenvalue weighted by Gasteiger charge is 2.26. The number of halogens is 1. The summed E-state index contributed by atoms with van der Waals surface area (Å²) in [5.74, 6) is -0.207. The molecule has 1 fully saturated rings. The van der Waals surface area contributed by atoms with E-state index in [0.717, 1.165) is 37.7 Å². The van der Waals surface area contributed by atoms with Crippen LogP contribution in [0.3, 0.4) is 0 Å². The van der Waals surface area contributed by atoms with Gasteiger partial charge < -0.3 is 11.1 Å². The first-order valence-electron chi connectivity index (χ1n) is 7.65. The van der Waals surface area contributed by atoms with E-state index in [1.807, 2.05) is 0 Å². The van der Waals surface area contributed by atoms with Crippen LogP contribution in [0.25, 0.3) is 0 Å². The van der Waals surface area contributed by atoms with Gasteiger partial charge in [-0.1, -0.05) is 6.07 Å². The lowest BCUT2D eigenvalue weighted by atomic mass is 9.93. The molecule has 0 atom stereocenters. The smallest absolute Gasteiger partial charge is 0.251 e. The number of hydrogen-bond donors (Lipinski definition) is 3. The molecule has 0 unspecified atom stereocenters. The summed E-state index contributed by atoms with van der Waals surface area (Å²) in [6, 6.07) is 4.89. The fourth-order valence-corrected chi connectivity index (χ4v) is 4.41. The number of amides is 1. The van der Waals surface area contributed by atoms with Gasteiger partial charge in [-0.25, -0.2) is 13.1 Å². The third kappa shape index (κ3) is 4.03. The number of benzene rings is 1. The topological polar surface area (TPSA) is 101 Å². The van der Waals surface area contributed by atoms with Crippen molar-refractivity contribution < 1.29 is 13.2 Å². The molecule has 0 bridgehead atoms. The standard InChI is InChI=1S/C15H21N3O3S.ClH/c16-11-2-4-12(5-3-11)18-22(20,21)13-6-1-10-7-8-17-15(19)14(10)9-13;/h1,6,9,11-12,18H,2-5,7-8,16H2,(H,17,19);1H. The second-order valence-electron chi connectivity index (χ2n) is 6.06. The van der Waals surface area contributed by atoms with Crippen molar-refractivity contribution in [1.82, 2.24) is 10.0 Å². The lowest BCUT2D eigenvalue weighted by Gasteiger charge is -2.26. The van der Waals surface area contributed by atoms with Gasteiger partial charge in [0, 0.05) is 24.2 Å². The average molecular weight is 360 g/mol. The molecular weight excluding hydrogens is 338 g/mol. The predicted octanol–water partition coefficient (Wildman–Crippen LogP) is 0.942. The fraction of sp³-hybridized carbons (Fsp3) is 0.533. The lowest BCUT2D eigenvalue weighted by molar-refractivity contribution is 0.0945. The van der Waals surface area contributed by atoms with E-state index >= 15 is 0 Å². The zero-order valence-corrected chi connectivity index (χ0v) is 14.4. The second kappa shape index (κ2) is 7.17. The molecule has 23 heavy (non-hydrogen) atoms. The maximum absolute atomic E-state index is 12.5. The van der Waals surface area contributed by atoms with E-state index in [1.165, 1.54) is 6.07 Å². The number of carbonyl (C=O) groups is 1. The highest BCUT2D eigenvalue weighted by atomic mass is 35.5. The Labute approximate surface area is 142 Å². The summed E-state index contributed by atoms with van der Waals surface area (Å²) in [7, 11) is -3.61. The van der Waals surface area contributed by atoms with Crippen LogP contribution in [0.1, 0.15) is 41.6 Å². The summed E-state index contributed by atoms with van der Waals surface area (Å²) in [6.07, 6.45) is 3.91. The van der Waals surface area contributed by atoms with Gasteiger partial charge in [0.15, 0.2) is 0 Å². The molecule has 1 saturated carbocycles. The Morgan fingerprint density at radius 3 is 2.57 bits per heavy atom. The van der Waals surface area contributed by atoms with E-state index in [4.69, 9.17) is 5.73 Å². The minimum Gasteiger partial charge on any atom is -0.352 e. The number of fused-ring (bicyclic) bond motifs is 1. The van der Waals surface area contributed by atoms with Crippen molar-refractivity contribution in [3.8, 4) is 0 Å². The number of carbonyl (C=O) groups excluding carboxylic acids is 1. The molecule has 0 spiro atoms. The first kappa shape index (κ1) is 18.2. The van der Waals surface area contributed by atoms with Gasteiger partial charge in [-0.2, -0.15) is 0 Å². The van der Waals surface area contributed by atoms with Gasteiger partial charge in [-0.15, -0.1) is 12.4 Å². The van der Waals surface area contributed by atoms with E-state index in [2.05, 4.69) is 10.0 Å². The SMILES string of the molecule is Cl.NC1CCC(NS(=O)(=O)c2ccc3c(c2)C(=O)NCC3)CC1. The Balaban J connectivity index is 0.00000192. The van der Waals surface area contributed by atoms with E-state index in [-0.39, 0.29) is 35.3 Å². The summed E-state index contributed by atoms with van der Waals surface area (Å²) in [6.45, 7) is 0.596. The quantitative estimate of drug-likeness (QED) is 0.747. The molecule has 128 valence electrons. The third-order valence-electron chi connectivity index (χ3n) is 4.41. The van der Waals surface area contributed by atoms with Crippen LogP contribution in [0, 0.1) is 0 Å². The van der Waals surface area contributed by atoms with Gasteiger partial charge in [0.05, 0.1) is 4.90 Å². The number of rotatable bonds is 3. The second-order valence-corrected chi connectivity index (χ2v) is 7.77. The van der Waals surface area contributed by atoms with Gasteiger partial charge in [0.1, 0.15) is 0 Å². The Hall–Kier alpha value is -1.15.